The van der Waals surface area contributed by atoms with Gasteiger partial charge in [-0.05, 0) is 12.1 Å². The molecule has 94 valence electrons. The molecule has 0 N–H and O–H groups in total. The van der Waals surface area contributed by atoms with Gasteiger partial charge in [0.1, 0.15) is 4.90 Å². The molecule has 0 radical (unpaired) electrons. The molecule has 9 heteroatoms. The summed E-state index contributed by atoms with van der Waals surface area (Å²) in [6.45, 7) is 0. The van der Waals surface area contributed by atoms with Crippen LogP contribution >= 0.6 is 45.0 Å². The van der Waals surface area contributed by atoms with Crippen molar-refractivity contribution in [2.45, 2.75) is 8.69 Å². The summed E-state index contributed by atoms with van der Waals surface area (Å²) in [6, 6.07) is 1.78. The van der Waals surface area contributed by atoms with Gasteiger partial charge in [-0.25, -0.2) is 0 Å². The Labute approximate surface area is 103 Å². The van der Waals surface area contributed by atoms with Crippen LogP contribution in [0.15, 0.2) is 29.2 Å². The zero-order chi connectivity index (χ0) is 12.9. The van der Waals surface area contributed by atoms with E-state index < -0.39 is 18.9 Å². The largest absolute Gasteiger partial charge is 0.310 e. The van der Waals surface area contributed by atoms with Crippen molar-refractivity contribution in [1.29, 1.82) is 0 Å². The summed E-state index contributed by atoms with van der Waals surface area (Å²) in [6.07, 6.45) is 0. The van der Waals surface area contributed by atoms with Crippen LogP contribution < -0.4 is 0 Å². The molecular weight excluding hydrogens is 317 g/mol. The first-order valence-corrected chi connectivity index (χ1v) is 6.70. The van der Waals surface area contributed by atoms with Gasteiger partial charge >= 0.3 is 10.2 Å². The standard InChI is InChI=1S/C7H4Cl3F5S/c8-7(9,10)5-1-3-6(4-2-5)16(11,12,13,14)15/h1-4H. The summed E-state index contributed by atoms with van der Waals surface area (Å²) in [7, 11) is -9.65. The molecule has 0 amide bonds. The average Bonchev–Trinajstić information content (AvgIpc) is 1.99. The molecule has 1 aromatic carbocycles. The molecule has 0 aliphatic heterocycles. The first-order valence-electron chi connectivity index (χ1n) is 3.61. The third-order valence-electron chi connectivity index (χ3n) is 1.63. The van der Waals surface area contributed by atoms with Crippen LogP contribution in [-0.2, 0) is 3.79 Å². The molecule has 0 fully saturated rings. The van der Waals surface area contributed by atoms with E-state index in [0.717, 1.165) is 0 Å². The lowest BCUT2D eigenvalue weighted by molar-refractivity contribution is 0.364. The van der Waals surface area contributed by atoms with E-state index in [1.165, 1.54) is 0 Å². The van der Waals surface area contributed by atoms with Gasteiger partial charge in [0, 0.05) is 5.56 Å². The van der Waals surface area contributed by atoms with E-state index in [2.05, 4.69) is 0 Å². The van der Waals surface area contributed by atoms with E-state index in [1.807, 2.05) is 0 Å². The topological polar surface area (TPSA) is 0 Å². The van der Waals surface area contributed by atoms with Crippen LogP contribution in [0, 0.1) is 0 Å². The predicted molar refractivity (Wildman–Crippen MR) is 57.1 cm³/mol. The number of halogens is 8. The Hall–Kier alpha value is 0.0900. The van der Waals surface area contributed by atoms with Gasteiger partial charge in [-0.15, -0.1) is 0 Å². The number of benzene rings is 1. The second-order valence-corrected chi connectivity index (χ2v) is 7.68. The number of hydrogen-bond acceptors (Lipinski definition) is 0. The number of hydrogen-bond donors (Lipinski definition) is 0. The van der Waals surface area contributed by atoms with Gasteiger partial charge in [-0.3, -0.25) is 0 Å². The zero-order valence-corrected chi connectivity index (χ0v) is 10.3. The fourth-order valence-corrected chi connectivity index (χ4v) is 1.93. The molecule has 0 nitrogen and oxygen atoms in total. The summed E-state index contributed by atoms with van der Waals surface area (Å²) < 4.78 is 59.4. The van der Waals surface area contributed by atoms with E-state index in [1.54, 1.807) is 0 Å². The molecule has 0 saturated heterocycles. The van der Waals surface area contributed by atoms with Crippen LogP contribution in [0.25, 0.3) is 0 Å². The lowest BCUT2D eigenvalue weighted by Crippen LogP contribution is -2.07. The first kappa shape index (κ1) is 14.2. The van der Waals surface area contributed by atoms with E-state index in [4.69, 9.17) is 34.8 Å². The fourth-order valence-electron chi connectivity index (χ4n) is 0.901. The van der Waals surface area contributed by atoms with Gasteiger partial charge in [0.25, 0.3) is 0 Å². The van der Waals surface area contributed by atoms with Gasteiger partial charge in [0.05, 0.1) is 0 Å². The molecule has 0 saturated carbocycles. The highest BCUT2D eigenvalue weighted by Gasteiger charge is 2.65. The Kier molecular flexibility index (Phi) is 2.74. The Balaban J connectivity index is 3.27. The monoisotopic (exact) mass is 320 g/mol. The Bertz CT molecular complexity index is 404. The van der Waals surface area contributed by atoms with Gasteiger partial charge in [-0.1, -0.05) is 66.4 Å². The van der Waals surface area contributed by atoms with E-state index >= 15 is 0 Å². The summed E-state index contributed by atoms with van der Waals surface area (Å²) in [5.74, 6) is 0. The molecule has 0 aromatic heterocycles. The van der Waals surface area contributed by atoms with Crippen LogP contribution in [0.5, 0.6) is 0 Å². The predicted octanol–water partition coefficient (Wildman–Crippen LogP) is 6.17. The van der Waals surface area contributed by atoms with Crippen LogP contribution in [0.1, 0.15) is 5.56 Å². The Morgan fingerprint density at radius 2 is 1.19 bits per heavy atom. The van der Waals surface area contributed by atoms with Crippen molar-refractivity contribution < 1.29 is 19.4 Å². The van der Waals surface area contributed by atoms with Crippen molar-refractivity contribution in [2.75, 3.05) is 0 Å². The van der Waals surface area contributed by atoms with Gasteiger partial charge in [0.15, 0.2) is 0 Å². The second kappa shape index (κ2) is 3.10. The maximum atomic E-state index is 12.3. The van der Waals surface area contributed by atoms with Gasteiger partial charge in [-0.2, -0.15) is 0 Å². The lowest BCUT2D eigenvalue weighted by Gasteiger charge is -2.40. The van der Waals surface area contributed by atoms with E-state index in [0.29, 0.717) is 12.1 Å². The smallest absolute Gasteiger partial charge is 0.0936 e. The van der Waals surface area contributed by atoms with Crippen LogP contribution in [0.3, 0.4) is 0 Å². The van der Waals surface area contributed by atoms with Crippen molar-refractivity contribution in [3.8, 4) is 0 Å². The van der Waals surface area contributed by atoms with Crippen molar-refractivity contribution in [2.24, 2.45) is 0 Å². The van der Waals surface area contributed by atoms with Crippen molar-refractivity contribution >= 4 is 45.0 Å². The van der Waals surface area contributed by atoms with Gasteiger partial charge in [0.2, 0.25) is 3.79 Å². The summed E-state index contributed by atoms with van der Waals surface area (Å²) in [5, 5.41) is 0. The van der Waals surface area contributed by atoms with Gasteiger partial charge < -0.3 is 0 Å². The maximum absolute atomic E-state index is 12.3. The molecule has 1 rings (SSSR count). The molecule has 0 spiro atoms. The molecule has 0 unspecified atom stereocenters. The average molecular weight is 322 g/mol. The SMILES string of the molecule is FS(F)(F)(F)(F)c1ccc(C(Cl)(Cl)Cl)cc1. The van der Waals surface area contributed by atoms with E-state index in [9.17, 15) is 19.4 Å². The van der Waals surface area contributed by atoms with E-state index in [-0.39, 0.29) is 17.7 Å². The zero-order valence-electron chi connectivity index (χ0n) is 7.24. The molecule has 16 heavy (non-hydrogen) atoms. The lowest BCUT2D eigenvalue weighted by atomic mass is 10.2. The van der Waals surface area contributed by atoms with Crippen LogP contribution in [-0.4, -0.2) is 0 Å². The number of alkyl halides is 3. The quantitative estimate of drug-likeness (QED) is 0.428. The third kappa shape index (κ3) is 3.55. The normalized spacial score (nSPS) is 17.8. The second-order valence-electron chi connectivity index (χ2n) is 2.99. The Morgan fingerprint density at radius 1 is 0.812 bits per heavy atom. The molecule has 0 aliphatic rings. The summed E-state index contributed by atoms with van der Waals surface area (Å²) in [4.78, 5) is -2.02. The minimum absolute atomic E-state index is 0.122. The van der Waals surface area contributed by atoms with Crippen LogP contribution in [0.2, 0.25) is 0 Å². The van der Waals surface area contributed by atoms with Crippen LogP contribution in [0.4, 0.5) is 19.4 Å². The molecule has 0 heterocycles. The highest BCUT2D eigenvalue weighted by atomic mass is 35.6. The fraction of sp³-hybridized carbons (Fsp3) is 0.143. The molecule has 0 aliphatic carbocycles. The third-order valence-corrected chi connectivity index (χ3v) is 3.44. The van der Waals surface area contributed by atoms with Crippen molar-refractivity contribution in [1.82, 2.24) is 0 Å². The molecular formula is C7H4Cl3F5S. The number of rotatable bonds is 1. The summed E-state index contributed by atoms with van der Waals surface area (Å²) >= 11 is 16.1. The minimum atomic E-state index is -9.65. The van der Waals surface area contributed by atoms with Crippen molar-refractivity contribution in [3.63, 3.8) is 0 Å². The molecule has 0 atom stereocenters. The highest BCUT2D eigenvalue weighted by molar-refractivity contribution is 8.45. The Morgan fingerprint density at radius 3 is 1.44 bits per heavy atom. The minimum Gasteiger partial charge on any atom is -0.0936 e. The molecule has 1 aromatic rings. The maximum Gasteiger partial charge on any atom is 0.310 e. The highest BCUT2D eigenvalue weighted by Crippen LogP contribution is 3.02. The first-order chi connectivity index (χ1) is 6.70. The van der Waals surface area contributed by atoms with Crippen molar-refractivity contribution in [3.05, 3.63) is 29.8 Å². The molecule has 0 bridgehead atoms. The summed E-state index contributed by atoms with van der Waals surface area (Å²) in [5.41, 5.74) is -0.122.